The largest absolute Gasteiger partial charge is 0.438 e. The van der Waals surface area contributed by atoms with Crippen LogP contribution in [-0.4, -0.2) is 30.2 Å². The van der Waals surface area contributed by atoms with Gasteiger partial charge in [-0.3, -0.25) is 18.5 Å². The molecule has 1 aliphatic heterocycles. The van der Waals surface area contributed by atoms with Gasteiger partial charge in [0.25, 0.3) is 5.56 Å². The molecule has 2 aromatic carbocycles. The van der Waals surface area contributed by atoms with Crippen molar-refractivity contribution in [2.24, 2.45) is 5.73 Å². The maximum absolute atomic E-state index is 14.9. The lowest BCUT2D eigenvalue weighted by atomic mass is 9.93. The number of aromatic nitrogens is 2. The van der Waals surface area contributed by atoms with Crippen molar-refractivity contribution >= 4 is 22.2 Å². The maximum Gasteiger partial charge on any atom is 0.255 e. The predicted octanol–water partition coefficient (Wildman–Crippen LogP) is 6.41. The molecule has 7 nitrogen and oxygen atoms in total. The van der Waals surface area contributed by atoms with Crippen molar-refractivity contribution in [1.82, 2.24) is 9.55 Å². The van der Waals surface area contributed by atoms with Crippen LogP contribution in [-0.2, 0) is 5.54 Å². The van der Waals surface area contributed by atoms with Gasteiger partial charge in [0.05, 0.1) is 16.8 Å². The van der Waals surface area contributed by atoms with E-state index >= 15 is 0 Å². The molecule has 0 spiro atoms. The normalized spacial score (nSPS) is 17.4. The molecule has 1 aliphatic rings. The summed E-state index contributed by atoms with van der Waals surface area (Å²) in [5, 5.41) is 0.542. The third kappa shape index (κ3) is 4.90. The Balaban J connectivity index is 1.70. The second-order valence-electron chi connectivity index (χ2n) is 9.70. The van der Waals surface area contributed by atoms with E-state index in [4.69, 9.17) is 21.8 Å². The van der Waals surface area contributed by atoms with Crippen LogP contribution in [0.1, 0.15) is 29.9 Å². The number of halogens is 3. The van der Waals surface area contributed by atoms with Gasteiger partial charge in [0.15, 0.2) is 5.76 Å². The zero-order valence-electron chi connectivity index (χ0n) is 20.7. The fraction of sp³-hybridized carbons (Fsp3) is 0.259. The Hall–Kier alpha value is -3.02. The van der Waals surface area contributed by atoms with Crippen LogP contribution in [0.5, 0.6) is 0 Å². The van der Waals surface area contributed by atoms with Crippen LogP contribution in [0.2, 0.25) is 5.02 Å². The van der Waals surface area contributed by atoms with E-state index < -0.39 is 27.8 Å². The summed E-state index contributed by atoms with van der Waals surface area (Å²) in [5.41, 5.74) is 8.03. The molecular weight excluding hydrogens is 536 g/mol. The van der Waals surface area contributed by atoms with Crippen LogP contribution in [0.25, 0.3) is 28.3 Å². The zero-order valence-corrected chi connectivity index (χ0v) is 22.2. The summed E-state index contributed by atoms with van der Waals surface area (Å²) in [4.78, 5) is 17.6. The van der Waals surface area contributed by atoms with Crippen molar-refractivity contribution in [1.29, 1.82) is 0 Å². The monoisotopic (exact) mass is 561 g/mol. The number of pyridine rings is 1. The number of rotatable bonds is 4. The van der Waals surface area contributed by atoms with Gasteiger partial charge >= 0.3 is 0 Å². The van der Waals surface area contributed by atoms with Gasteiger partial charge < -0.3 is 10.2 Å². The van der Waals surface area contributed by atoms with Gasteiger partial charge in [0.1, 0.15) is 17.3 Å². The summed E-state index contributed by atoms with van der Waals surface area (Å²) in [7, 11) is -2.73. The van der Waals surface area contributed by atoms with Crippen molar-refractivity contribution in [3.8, 4) is 28.3 Å². The van der Waals surface area contributed by atoms with E-state index in [1.54, 1.807) is 24.4 Å². The van der Waals surface area contributed by atoms with Gasteiger partial charge in [-0.05, 0) is 68.1 Å². The molecule has 2 aromatic heterocycles. The highest BCUT2D eigenvalue weighted by atomic mass is 35.5. The first-order valence-corrected chi connectivity index (χ1v) is 14.1. The number of benzene rings is 2. The molecule has 38 heavy (non-hydrogen) atoms. The van der Waals surface area contributed by atoms with Crippen molar-refractivity contribution in [2.75, 3.05) is 11.5 Å². The summed E-state index contributed by atoms with van der Waals surface area (Å²) in [6, 6.07) is 9.53. The van der Waals surface area contributed by atoms with Crippen LogP contribution in [0.3, 0.4) is 0 Å². The van der Waals surface area contributed by atoms with Crippen molar-refractivity contribution in [3.63, 3.8) is 0 Å². The van der Waals surface area contributed by atoms with E-state index in [1.165, 1.54) is 16.7 Å². The molecule has 1 fully saturated rings. The average molecular weight is 562 g/mol. The highest BCUT2D eigenvalue weighted by Crippen LogP contribution is 2.50. The molecule has 0 radical (unpaired) electrons. The quantitative estimate of drug-likeness (QED) is 0.265. The topological polar surface area (TPSA) is 115 Å². The van der Waals surface area contributed by atoms with Crippen molar-refractivity contribution in [2.45, 2.75) is 32.2 Å². The third-order valence-electron chi connectivity index (χ3n) is 6.86. The molecule has 0 amide bonds. The molecule has 0 bridgehead atoms. The number of nitrogens with two attached hydrogens (primary N) is 1. The van der Waals surface area contributed by atoms with Crippen LogP contribution in [0.4, 0.5) is 8.78 Å². The molecule has 0 unspecified atom stereocenters. The lowest BCUT2D eigenvalue weighted by Crippen LogP contribution is -2.43. The fourth-order valence-corrected chi connectivity index (χ4v) is 6.72. The van der Waals surface area contributed by atoms with Gasteiger partial charge in [-0.2, -0.15) is 10.6 Å². The van der Waals surface area contributed by atoms with Gasteiger partial charge in [0, 0.05) is 40.4 Å². The van der Waals surface area contributed by atoms with Gasteiger partial charge in [-0.25, -0.2) is 13.8 Å². The zero-order chi connectivity index (χ0) is 27.4. The Labute approximate surface area is 224 Å². The first-order valence-electron chi connectivity index (χ1n) is 11.9. The molecule has 3 heterocycles. The predicted molar refractivity (Wildman–Crippen MR) is 145 cm³/mol. The van der Waals surface area contributed by atoms with Gasteiger partial charge in [0.2, 0.25) is 5.89 Å². The highest BCUT2D eigenvalue weighted by Gasteiger charge is 2.40. The Morgan fingerprint density at radius 2 is 1.74 bits per heavy atom. The van der Waals surface area contributed by atoms with Crippen LogP contribution in [0.15, 0.2) is 57.9 Å². The van der Waals surface area contributed by atoms with E-state index in [0.29, 0.717) is 16.3 Å². The first-order chi connectivity index (χ1) is 17.9. The molecule has 0 aliphatic carbocycles. The molecule has 5 rings (SSSR count). The number of oxazole rings is 1. The smallest absolute Gasteiger partial charge is 0.255 e. The number of aryl methyl sites for hydroxylation is 2. The molecule has 200 valence electrons. The van der Waals surface area contributed by atoms with E-state index in [-0.39, 0.29) is 52.8 Å². The minimum atomic E-state index is -2.73. The highest BCUT2D eigenvalue weighted by molar-refractivity contribution is 8.24. The van der Waals surface area contributed by atoms with E-state index in [0.717, 1.165) is 23.3 Å². The van der Waals surface area contributed by atoms with Gasteiger partial charge in [-0.1, -0.05) is 11.6 Å². The lowest BCUT2D eigenvalue weighted by Gasteiger charge is -2.42. The van der Waals surface area contributed by atoms with Crippen LogP contribution < -0.4 is 11.3 Å². The summed E-state index contributed by atoms with van der Waals surface area (Å²) in [5.74, 6) is -1.31. The SMILES string of the molecule is Cc1cc(Cl)cc(C)c1-n1cc(-c2nc(C3(N)CCS(O)(O)CC3)oc2-c2ccc(F)cc2F)ccc1=O. The third-order valence-corrected chi connectivity index (χ3v) is 8.79. The Morgan fingerprint density at radius 3 is 2.37 bits per heavy atom. The standard InChI is InChI=1S/C27H26ClF2N3O4S/c1-15-11-18(28)12-16(2)24(15)33-14-17(3-6-22(33)34)23-25(20-5-4-19(29)13-21(20)30)37-26(32-23)27(31)7-9-38(35,36)10-8-27/h3-6,11-14,35-36H,7-10,31H2,1-2H3. The lowest BCUT2D eigenvalue weighted by molar-refractivity contribution is 0.296. The first kappa shape index (κ1) is 26.6. The van der Waals surface area contributed by atoms with Gasteiger partial charge in [-0.15, -0.1) is 0 Å². The summed E-state index contributed by atoms with van der Waals surface area (Å²) >= 11 is 6.18. The molecule has 4 N–H and O–H groups in total. The summed E-state index contributed by atoms with van der Waals surface area (Å²) in [6.45, 7) is 3.68. The molecule has 4 aromatic rings. The molecule has 1 saturated heterocycles. The van der Waals surface area contributed by atoms with Crippen molar-refractivity contribution in [3.05, 3.63) is 92.7 Å². The Bertz CT molecular complexity index is 1590. The van der Waals surface area contributed by atoms with Crippen LogP contribution in [0, 0.1) is 25.5 Å². The molecular formula is C27H26ClF2N3O4S. The second-order valence-corrected chi connectivity index (χ2v) is 12.6. The summed E-state index contributed by atoms with van der Waals surface area (Å²) < 4.78 is 56.3. The second kappa shape index (κ2) is 9.62. The van der Waals surface area contributed by atoms with Crippen molar-refractivity contribution < 1.29 is 22.3 Å². The Kier molecular flexibility index (Phi) is 6.73. The van der Waals surface area contributed by atoms with E-state index in [1.807, 2.05) is 13.8 Å². The summed E-state index contributed by atoms with van der Waals surface area (Å²) in [6.07, 6.45) is 1.98. The minimum Gasteiger partial charge on any atom is -0.438 e. The number of hydrogen-bond donors (Lipinski definition) is 3. The van der Waals surface area contributed by atoms with E-state index in [2.05, 4.69) is 4.98 Å². The fourth-order valence-electron chi connectivity index (χ4n) is 4.80. The average Bonchev–Trinajstić information content (AvgIpc) is 3.28. The number of hydrogen-bond acceptors (Lipinski definition) is 6. The molecule has 0 saturated carbocycles. The maximum atomic E-state index is 14.9. The Morgan fingerprint density at radius 1 is 1.08 bits per heavy atom. The minimum absolute atomic E-state index is 0.0225. The molecule has 11 heteroatoms. The number of nitrogens with zero attached hydrogens (tertiary/aromatic N) is 2. The van der Waals surface area contributed by atoms with Crippen LogP contribution >= 0.6 is 22.2 Å². The molecule has 0 atom stereocenters. The van der Waals surface area contributed by atoms with E-state index in [9.17, 15) is 22.7 Å².